The second-order valence-electron chi connectivity index (χ2n) is 13.5. The number of ether oxygens (including phenoxy) is 9. The van der Waals surface area contributed by atoms with Crippen molar-refractivity contribution in [1.29, 1.82) is 0 Å². The molecule has 33 heteroatoms. The fourth-order valence-electron chi connectivity index (χ4n) is 4.91. The maximum Gasteiger partial charge on any atom is 0.481 e. The molecular weight excluding hydrogens is 1010 g/mol. The van der Waals surface area contributed by atoms with E-state index in [4.69, 9.17) is 83.3 Å². The molecule has 0 aromatic carbocycles. The van der Waals surface area contributed by atoms with Crippen molar-refractivity contribution < 1.29 is 140 Å². The third-order valence-corrected chi connectivity index (χ3v) is 11.7. The van der Waals surface area contributed by atoms with Gasteiger partial charge < -0.3 is 42.6 Å². The summed E-state index contributed by atoms with van der Waals surface area (Å²) >= 11 is 0. The molecule has 0 heterocycles. The lowest BCUT2D eigenvalue weighted by Crippen LogP contribution is -2.68. The molecule has 0 aliphatic heterocycles. The van der Waals surface area contributed by atoms with Crippen LogP contribution in [-0.2, 0) is 140 Å². The van der Waals surface area contributed by atoms with Crippen LogP contribution in [0, 0.1) is 0 Å². The first-order chi connectivity index (χ1) is 32.3. The summed E-state index contributed by atoms with van der Waals surface area (Å²) < 4.78 is 138. The van der Waals surface area contributed by atoms with Crippen molar-refractivity contribution in [3.8, 4) is 0 Å². The highest BCUT2D eigenvalue weighted by Crippen LogP contribution is 2.59. The van der Waals surface area contributed by atoms with E-state index in [1.807, 2.05) is 0 Å². The summed E-state index contributed by atoms with van der Waals surface area (Å²) in [5, 5.41) is 0. The average Bonchev–Trinajstić information content (AvgIpc) is 3.21. The number of phosphoric acid groups is 3. The molecule has 0 unspecified atom stereocenters. The smallest absolute Gasteiger partial charge is 0.456 e. The zero-order chi connectivity index (χ0) is 52.4. The van der Waals surface area contributed by atoms with Gasteiger partial charge in [-0.25, -0.2) is 40.8 Å². The number of esters is 9. The maximum atomic E-state index is 14.7. The van der Waals surface area contributed by atoms with Crippen molar-refractivity contribution >= 4 is 77.2 Å². The summed E-state index contributed by atoms with van der Waals surface area (Å²) in [7, 11) is -16.7. The quantitative estimate of drug-likeness (QED) is 0.0390. The molecule has 1 aliphatic rings. The van der Waals surface area contributed by atoms with Gasteiger partial charge in [-0.2, -0.15) is 0 Å². The molecule has 69 heavy (non-hydrogen) atoms. The second-order valence-corrected chi connectivity index (χ2v) is 18.3. The van der Waals surface area contributed by atoms with Crippen molar-refractivity contribution in [3.63, 3.8) is 0 Å². The molecule has 0 saturated heterocycles. The Balaban J connectivity index is 4.68. The van der Waals surface area contributed by atoms with Crippen LogP contribution in [0.15, 0.2) is 0 Å². The van der Waals surface area contributed by atoms with Gasteiger partial charge in [-0.3, -0.25) is 56.7 Å². The molecule has 0 amide bonds. The molecule has 0 bridgehead atoms. The van der Waals surface area contributed by atoms with Crippen LogP contribution < -0.4 is 0 Å². The Morgan fingerprint density at radius 2 is 0.493 bits per heavy atom. The van der Waals surface area contributed by atoms with Gasteiger partial charge in [0.15, 0.2) is 18.3 Å². The predicted molar refractivity (Wildman–Crippen MR) is 218 cm³/mol. The average molecular weight is 1060 g/mol. The van der Waals surface area contributed by atoms with E-state index in [-0.39, 0.29) is 19.3 Å². The topological polar surface area (TPSA) is 371 Å². The number of hydrogen-bond donors (Lipinski definition) is 0. The van der Waals surface area contributed by atoms with E-state index in [1.54, 1.807) is 0 Å². The van der Waals surface area contributed by atoms with Crippen molar-refractivity contribution in [2.24, 2.45) is 0 Å². The van der Waals surface area contributed by atoms with Crippen molar-refractivity contribution in [3.05, 3.63) is 0 Å². The minimum Gasteiger partial charge on any atom is -0.456 e. The van der Waals surface area contributed by atoms with Gasteiger partial charge in [0.25, 0.3) is 0 Å². The SMILES string of the molecule is CCCC(=O)O[C@@H]1[C@H](OC(=O)CCC)[C@@H](OP(=O)(OCOC(C)=O)OCOC(C)=O)[C@H](OC(=O)CCC)[C@@H](OP(=O)(OCOC(C)=O)OCOC(C)=O)[C@@H]1OP(=O)(OCOC(C)=O)OCOC(C)=O. The van der Waals surface area contributed by atoms with Crippen LogP contribution in [0.5, 0.6) is 0 Å². The van der Waals surface area contributed by atoms with Gasteiger partial charge in [0.05, 0.1) is 0 Å². The Kier molecular flexibility index (Phi) is 28.8. The summed E-state index contributed by atoms with van der Waals surface area (Å²) in [6.45, 7) is 2.40. The van der Waals surface area contributed by atoms with Crippen LogP contribution in [0.3, 0.4) is 0 Å². The summed E-state index contributed by atoms with van der Waals surface area (Å²) in [6.07, 6.45) is -16.4. The monoisotopic (exact) mass is 1060 g/mol. The van der Waals surface area contributed by atoms with E-state index in [0.29, 0.717) is 0 Å². The third kappa shape index (κ3) is 25.3. The molecule has 1 aliphatic carbocycles. The van der Waals surface area contributed by atoms with Crippen LogP contribution in [0.25, 0.3) is 0 Å². The summed E-state index contributed by atoms with van der Waals surface area (Å²) in [5.74, 6) is -9.72. The van der Waals surface area contributed by atoms with E-state index in [0.717, 1.165) is 41.5 Å². The molecule has 1 rings (SSSR count). The van der Waals surface area contributed by atoms with Crippen LogP contribution in [0.1, 0.15) is 101 Å². The van der Waals surface area contributed by atoms with Gasteiger partial charge in [-0.05, 0) is 19.3 Å². The largest absolute Gasteiger partial charge is 0.481 e. The Hall–Kier alpha value is -4.44. The van der Waals surface area contributed by atoms with Gasteiger partial charge in [-0.1, -0.05) is 20.8 Å². The van der Waals surface area contributed by atoms with Crippen LogP contribution in [0.4, 0.5) is 0 Å². The first-order valence-corrected chi connectivity index (χ1v) is 24.8. The number of carbonyl (C=O) groups is 9. The van der Waals surface area contributed by atoms with Crippen molar-refractivity contribution in [2.75, 3.05) is 40.8 Å². The molecule has 1 fully saturated rings. The minimum absolute atomic E-state index is 0.0306. The van der Waals surface area contributed by atoms with E-state index in [9.17, 15) is 56.8 Å². The highest BCUT2D eigenvalue weighted by Gasteiger charge is 2.63. The molecule has 0 spiro atoms. The summed E-state index contributed by atoms with van der Waals surface area (Å²) in [6, 6.07) is 0. The zero-order valence-electron chi connectivity index (χ0n) is 39.0. The van der Waals surface area contributed by atoms with Gasteiger partial charge in [-0.15, -0.1) is 0 Å². The lowest BCUT2D eigenvalue weighted by molar-refractivity contribution is -0.244. The third-order valence-electron chi connectivity index (χ3n) is 7.70. The minimum atomic E-state index is -5.62. The maximum absolute atomic E-state index is 14.7. The van der Waals surface area contributed by atoms with E-state index in [2.05, 4.69) is 0 Å². The summed E-state index contributed by atoms with van der Waals surface area (Å²) in [4.78, 5) is 111. The molecule has 0 radical (unpaired) electrons. The standard InChI is InChI=1S/C36H57O30P3/c1-10-13-28(43)61-31-32(62-29(44)14-11-2)35(65-68(47,57-18-51-24(6)39)58-19-52-25(7)40)36(66-69(48,59-20-53-26(8)41)60-21-54-27(9)42)33(63-30(45)15-12-3)34(31)64-67(46,55-16-49-22(4)37)56-17-50-23(5)38/h31-36H,10-21H2,1-9H3/t31-,32+,33-,34+,35+,36+/m0/s1. The lowest BCUT2D eigenvalue weighted by atomic mass is 9.84. The highest BCUT2D eigenvalue weighted by atomic mass is 31.2. The number of rotatable bonds is 33. The molecule has 6 atom stereocenters. The van der Waals surface area contributed by atoms with Crippen molar-refractivity contribution in [1.82, 2.24) is 0 Å². The van der Waals surface area contributed by atoms with E-state index in [1.165, 1.54) is 20.8 Å². The van der Waals surface area contributed by atoms with Crippen molar-refractivity contribution in [2.45, 2.75) is 137 Å². The lowest BCUT2D eigenvalue weighted by Gasteiger charge is -2.48. The molecule has 0 aromatic rings. The van der Waals surface area contributed by atoms with Crippen LogP contribution in [0.2, 0.25) is 0 Å². The van der Waals surface area contributed by atoms with Gasteiger partial charge in [0, 0.05) is 60.8 Å². The predicted octanol–water partition coefficient (Wildman–Crippen LogP) is 3.84. The molecule has 0 aromatic heterocycles. The number of phosphoric ester groups is 3. The second kappa shape index (κ2) is 31.7. The Labute approximate surface area is 395 Å². The fourth-order valence-corrected chi connectivity index (χ4v) is 8.21. The highest BCUT2D eigenvalue weighted by molar-refractivity contribution is 7.49. The fraction of sp³-hybridized carbons (Fsp3) is 0.750. The molecule has 30 nitrogen and oxygen atoms in total. The Bertz CT molecular complexity index is 1820. The number of hydrogen-bond acceptors (Lipinski definition) is 30. The molecular formula is C36H57O30P3. The first-order valence-electron chi connectivity index (χ1n) is 20.4. The molecule has 0 N–H and O–H groups in total. The number of carbonyl (C=O) groups excluding carboxylic acids is 9. The zero-order valence-corrected chi connectivity index (χ0v) is 41.7. The van der Waals surface area contributed by atoms with Gasteiger partial charge in [0.1, 0.15) is 18.3 Å². The van der Waals surface area contributed by atoms with Gasteiger partial charge in [0.2, 0.25) is 40.8 Å². The Morgan fingerprint density at radius 1 is 0.319 bits per heavy atom. The Morgan fingerprint density at radius 3 is 0.667 bits per heavy atom. The summed E-state index contributed by atoms with van der Waals surface area (Å²) in [5.41, 5.74) is 0. The first kappa shape index (κ1) is 62.6. The van der Waals surface area contributed by atoms with Crippen LogP contribution >= 0.6 is 23.5 Å². The van der Waals surface area contributed by atoms with Crippen LogP contribution in [-0.4, -0.2) is 131 Å². The van der Waals surface area contributed by atoms with E-state index >= 15 is 0 Å². The van der Waals surface area contributed by atoms with E-state index < -0.39 is 174 Å². The molecule has 396 valence electrons. The molecule has 1 saturated carbocycles. The normalized spacial score (nSPS) is 19.3. The van der Waals surface area contributed by atoms with Gasteiger partial charge >= 0.3 is 77.2 Å².